The zero-order chi connectivity index (χ0) is 12.3. The molecule has 2 saturated carbocycles. The molecule has 0 aliphatic heterocycles. The van der Waals surface area contributed by atoms with Gasteiger partial charge < -0.3 is 15.8 Å². The maximum absolute atomic E-state index is 8.68. The molecule has 0 bridgehead atoms. The van der Waals surface area contributed by atoms with Gasteiger partial charge in [0.25, 0.3) is 0 Å². The van der Waals surface area contributed by atoms with Gasteiger partial charge in [0.1, 0.15) is 5.84 Å². The molecule has 17 heavy (non-hydrogen) atoms. The van der Waals surface area contributed by atoms with Crippen LogP contribution in [-0.2, 0) is 0 Å². The minimum atomic E-state index is 0.314. The van der Waals surface area contributed by atoms with E-state index in [-0.39, 0.29) is 0 Å². The molecular weight excluding hydrogens is 214 g/mol. The summed E-state index contributed by atoms with van der Waals surface area (Å²) >= 11 is 0. The van der Waals surface area contributed by atoms with Gasteiger partial charge in [0.2, 0.25) is 0 Å². The Morgan fingerprint density at radius 3 is 2.53 bits per heavy atom. The van der Waals surface area contributed by atoms with E-state index in [1.807, 2.05) is 0 Å². The first-order valence-corrected chi connectivity index (χ1v) is 6.89. The molecule has 0 aromatic rings. The van der Waals surface area contributed by atoms with Crippen molar-refractivity contribution in [3.05, 3.63) is 0 Å². The van der Waals surface area contributed by atoms with Gasteiger partial charge in [0.15, 0.2) is 0 Å². The normalized spacial score (nSPS) is 24.5. The van der Waals surface area contributed by atoms with Crippen LogP contribution in [0.25, 0.3) is 0 Å². The molecule has 0 aromatic heterocycles. The fourth-order valence-electron chi connectivity index (χ4n) is 3.19. The summed E-state index contributed by atoms with van der Waals surface area (Å²) in [5.74, 6) is 0.393. The lowest BCUT2D eigenvalue weighted by molar-refractivity contribution is 0.169. The number of hydrogen-bond acceptors (Lipinski definition) is 3. The Balaban J connectivity index is 1.89. The Bertz CT molecular complexity index is 280. The van der Waals surface area contributed by atoms with Crippen LogP contribution in [0.3, 0.4) is 0 Å². The lowest BCUT2D eigenvalue weighted by Crippen LogP contribution is -2.39. The Labute approximate surface area is 104 Å². The summed E-state index contributed by atoms with van der Waals surface area (Å²) in [4.78, 5) is 2.62. The molecule has 2 aliphatic rings. The summed E-state index contributed by atoms with van der Waals surface area (Å²) < 4.78 is 0. The summed E-state index contributed by atoms with van der Waals surface area (Å²) in [6, 6.07) is 0.782. The fraction of sp³-hybridized carbons (Fsp3) is 0.923. The zero-order valence-electron chi connectivity index (χ0n) is 10.9. The molecule has 0 amide bonds. The molecule has 0 spiro atoms. The van der Waals surface area contributed by atoms with E-state index >= 15 is 0 Å². The van der Waals surface area contributed by atoms with Crippen LogP contribution in [0, 0.1) is 5.41 Å². The lowest BCUT2D eigenvalue weighted by Gasteiger charge is -2.31. The van der Waals surface area contributed by atoms with Crippen LogP contribution in [0.1, 0.15) is 51.9 Å². The highest BCUT2D eigenvalue weighted by molar-refractivity contribution is 5.80. The summed E-state index contributed by atoms with van der Waals surface area (Å²) in [5.41, 5.74) is 5.97. The van der Waals surface area contributed by atoms with Crippen LogP contribution in [0.15, 0.2) is 5.16 Å². The van der Waals surface area contributed by atoms with E-state index in [2.05, 4.69) is 17.0 Å². The number of rotatable bonds is 6. The van der Waals surface area contributed by atoms with Crippen molar-refractivity contribution in [2.24, 2.45) is 16.3 Å². The lowest BCUT2D eigenvalue weighted by atomic mass is 9.99. The van der Waals surface area contributed by atoms with E-state index in [0.29, 0.717) is 11.3 Å². The van der Waals surface area contributed by atoms with E-state index in [1.165, 1.54) is 38.5 Å². The van der Waals surface area contributed by atoms with Gasteiger partial charge in [-0.1, -0.05) is 24.9 Å². The second-order valence-electron chi connectivity index (χ2n) is 5.77. The van der Waals surface area contributed by atoms with Gasteiger partial charge in [0, 0.05) is 19.0 Å². The molecule has 0 atom stereocenters. The van der Waals surface area contributed by atoms with Crippen molar-refractivity contribution >= 4 is 5.84 Å². The number of hydrogen-bond donors (Lipinski definition) is 2. The number of nitrogens with zero attached hydrogens (tertiary/aromatic N) is 2. The smallest absolute Gasteiger partial charge is 0.139 e. The molecule has 2 aliphatic carbocycles. The van der Waals surface area contributed by atoms with Gasteiger partial charge >= 0.3 is 0 Å². The zero-order valence-corrected chi connectivity index (χ0v) is 10.9. The molecule has 0 radical (unpaired) electrons. The maximum atomic E-state index is 8.68. The summed E-state index contributed by atoms with van der Waals surface area (Å²) in [6.45, 7) is 4.50. The average molecular weight is 239 g/mol. The highest BCUT2D eigenvalue weighted by atomic mass is 16.4. The van der Waals surface area contributed by atoms with Crippen LogP contribution in [0.4, 0.5) is 0 Å². The van der Waals surface area contributed by atoms with Crippen molar-refractivity contribution in [1.29, 1.82) is 0 Å². The number of nitrogens with two attached hydrogens (primary N) is 1. The minimum absolute atomic E-state index is 0.314. The molecule has 0 heterocycles. The predicted molar refractivity (Wildman–Crippen MR) is 69.2 cm³/mol. The third kappa shape index (κ3) is 3.12. The SMILES string of the molecule is CCN(CC1(CC(N)=NO)CC1)C1CCCC1. The molecule has 2 fully saturated rings. The molecule has 0 saturated heterocycles. The standard InChI is InChI=1S/C13H25N3O/c1-2-16(11-5-3-4-6-11)10-13(7-8-13)9-12(14)15-17/h11,17H,2-10H2,1H3,(H2,14,15). The van der Waals surface area contributed by atoms with Crippen LogP contribution in [0.2, 0.25) is 0 Å². The third-order valence-corrected chi connectivity index (χ3v) is 4.43. The second-order valence-corrected chi connectivity index (χ2v) is 5.77. The molecule has 0 aromatic carbocycles. The Kier molecular flexibility index (Phi) is 3.92. The first-order valence-electron chi connectivity index (χ1n) is 6.89. The van der Waals surface area contributed by atoms with Gasteiger partial charge in [0.05, 0.1) is 0 Å². The first kappa shape index (κ1) is 12.7. The predicted octanol–water partition coefficient (Wildman–Crippen LogP) is 2.17. The topological polar surface area (TPSA) is 61.8 Å². The minimum Gasteiger partial charge on any atom is -0.409 e. The van der Waals surface area contributed by atoms with E-state index in [1.54, 1.807) is 0 Å². The highest BCUT2D eigenvalue weighted by Crippen LogP contribution is 2.50. The van der Waals surface area contributed by atoms with Crippen LogP contribution in [0.5, 0.6) is 0 Å². The molecular formula is C13H25N3O. The monoisotopic (exact) mass is 239 g/mol. The fourth-order valence-corrected chi connectivity index (χ4v) is 3.19. The van der Waals surface area contributed by atoms with Gasteiger partial charge in [-0.25, -0.2) is 0 Å². The molecule has 4 nitrogen and oxygen atoms in total. The van der Waals surface area contributed by atoms with E-state index < -0.39 is 0 Å². The Hall–Kier alpha value is -0.770. The van der Waals surface area contributed by atoms with Crippen molar-refractivity contribution in [3.8, 4) is 0 Å². The third-order valence-electron chi connectivity index (χ3n) is 4.43. The van der Waals surface area contributed by atoms with E-state index in [4.69, 9.17) is 10.9 Å². The van der Waals surface area contributed by atoms with Crippen molar-refractivity contribution in [2.45, 2.75) is 57.9 Å². The van der Waals surface area contributed by atoms with Crippen molar-refractivity contribution in [2.75, 3.05) is 13.1 Å². The number of amidine groups is 1. The van der Waals surface area contributed by atoms with Crippen molar-refractivity contribution in [3.63, 3.8) is 0 Å². The summed E-state index contributed by atoms with van der Waals surface area (Å²) in [5, 5.41) is 11.8. The first-order chi connectivity index (χ1) is 8.19. The van der Waals surface area contributed by atoms with E-state index in [0.717, 1.165) is 25.6 Å². The van der Waals surface area contributed by atoms with Gasteiger partial charge in [-0.05, 0) is 37.6 Å². The molecule has 2 rings (SSSR count). The Morgan fingerprint density at radius 1 is 1.41 bits per heavy atom. The molecule has 98 valence electrons. The van der Waals surface area contributed by atoms with Crippen LogP contribution in [-0.4, -0.2) is 35.1 Å². The maximum Gasteiger partial charge on any atom is 0.139 e. The second kappa shape index (κ2) is 5.25. The van der Waals surface area contributed by atoms with Crippen LogP contribution >= 0.6 is 0 Å². The quantitative estimate of drug-likeness (QED) is 0.323. The highest BCUT2D eigenvalue weighted by Gasteiger charge is 2.45. The molecule has 0 unspecified atom stereocenters. The Morgan fingerprint density at radius 2 is 2.06 bits per heavy atom. The number of oxime groups is 1. The molecule has 4 heteroatoms. The summed E-state index contributed by atoms with van der Waals surface area (Å²) in [6.07, 6.45) is 8.69. The van der Waals surface area contributed by atoms with Gasteiger partial charge in [-0.2, -0.15) is 0 Å². The van der Waals surface area contributed by atoms with Crippen molar-refractivity contribution in [1.82, 2.24) is 4.90 Å². The van der Waals surface area contributed by atoms with E-state index in [9.17, 15) is 0 Å². The van der Waals surface area contributed by atoms with Crippen molar-refractivity contribution < 1.29 is 5.21 Å². The van der Waals surface area contributed by atoms with Gasteiger partial charge in [-0.3, -0.25) is 0 Å². The molecule has 3 N–H and O–H groups in total. The largest absolute Gasteiger partial charge is 0.409 e. The van der Waals surface area contributed by atoms with Crippen LogP contribution < -0.4 is 5.73 Å². The van der Waals surface area contributed by atoms with Gasteiger partial charge in [-0.15, -0.1) is 0 Å². The summed E-state index contributed by atoms with van der Waals surface area (Å²) in [7, 11) is 0. The average Bonchev–Trinajstić information content (AvgIpc) is 2.88.